The molecular formula is C3H9N3S2. The van der Waals surface area contributed by atoms with E-state index in [1.807, 2.05) is 6.92 Å². The van der Waals surface area contributed by atoms with Crippen LogP contribution in [0.1, 0.15) is 6.92 Å². The summed E-state index contributed by atoms with van der Waals surface area (Å²) in [6, 6.07) is 0. The fourth-order valence-electron chi connectivity index (χ4n) is 0.133. The van der Waals surface area contributed by atoms with Crippen LogP contribution in [0.5, 0.6) is 0 Å². The first-order valence-electron chi connectivity index (χ1n) is 2.16. The maximum Gasteiger partial charge on any atom is 0.196 e. The molecular weight excluding hydrogens is 142 g/mol. The smallest absolute Gasteiger partial charge is 0.196 e. The summed E-state index contributed by atoms with van der Waals surface area (Å²) >= 11 is 0. The molecule has 0 saturated carbocycles. The molecule has 0 bridgehead atoms. The quantitative estimate of drug-likeness (QED) is 0.183. The van der Waals surface area contributed by atoms with Gasteiger partial charge in [-0.05, 0) is 0 Å². The number of nitrogens with two attached hydrogens (primary N) is 1. The maximum atomic E-state index is 6.71. The Labute approximate surface area is 56.8 Å². The van der Waals surface area contributed by atoms with E-state index in [9.17, 15) is 0 Å². The molecule has 0 fully saturated rings. The average molecular weight is 151 g/mol. The first kappa shape index (κ1) is 7.97. The molecule has 0 aromatic heterocycles. The van der Waals surface area contributed by atoms with Crippen molar-refractivity contribution in [2.45, 2.75) is 6.92 Å². The van der Waals surface area contributed by atoms with E-state index in [2.05, 4.69) is 4.72 Å². The van der Waals surface area contributed by atoms with Crippen molar-refractivity contribution in [2.75, 3.05) is 5.75 Å². The highest BCUT2D eigenvalue weighted by Crippen LogP contribution is 2.14. The summed E-state index contributed by atoms with van der Waals surface area (Å²) in [5, 5.41) is 6.71. The fourth-order valence-corrected chi connectivity index (χ4v) is 1.20. The average Bonchev–Trinajstić information content (AvgIpc) is 1.66. The van der Waals surface area contributed by atoms with Gasteiger partial charge < -0.3 is 5.73 Å². The zero-order chi connectivity index (χ0) is 6.41. The van der Waals surface area contributed by atoms with Gasteiger partial charge in [-0.25, -0.2) is 0 Å². The van der Waals surface area contributed by atoms with Crippen molar-refractivity contribution in [2.24, 2.45) is 5.73 Å². The van der Waals surface area contributed by atoms with E-state index in [-0.39, 0.29) is 5.96 Å². The fraction of sp³-hybridized carbons (Fsp3) is 0.667. The highest BCUT2D eigenvalue weighted by Gasteiger charge is 1.84. The van der Waals surface area contributed by atoms with Crippen molar-refractivity contribution in [1.29, 1.82) is 5.41 Å². The van der Waals surface area contributed by atoms with Crippen molar-refractivity contribution in [3.63, 3.8) is 0 Å². The minimum Gasteiger partial charge on any atom is -0.369 e. The van der Waals surface area contributed by atoms with Gasteiger partial charge in [-0.15, -0.1) is 0 Å². The third-order valence-corrected chi connectivity index (χ3v) is 2.30. The van der Waals surface area contributed by atoms with E-state index in [0.717, 1.165) is 5.75 Å². The van der Waals surface area contributed by atoms with Crippen LogP contribution in [0.4, 0.5) is 0 Å². The lowest BCUT2D eigenvalue weighted by molar-refractivity contribution is 1.33. The zero-order valence-corrected chi connectivity index (χ0v) is 6.23. The van der Waals surface area contributed by atoms with Crippen molar-refractivity contribution in [3.05, 3.63) is 0 Å². The van der Waals surface area contributed by atoms with E-state index >= 15 is 0 Å². The highest BCUT2D eigenvalue weighted by molar-refractivity contribution is 8.76. The Hall–Kier alpha value is -0.0300. The van der Waals surface area contributed by atoms with Crippen LogP contribution in [0.3, 0.4) is 0 Å². The topological polar surface area (TPSA) is 61.9 Å². The van der Waals surface area contributed by atoms with Gasteiger partial charge in [0, 0.05) is 16.7 Å². The first-order chi connectivity index (χ1) is 3.77. The first-order valence-corrected chi connectivity index (χ1v) is 4.47. The Kier molecular flexibility index (Phi) is 5.09. The molecule has 0 aromatic rings. The van der Waals surface area contributed by atoms with Gasteiger partial charge in [0.2, 0.25) is 0 Å². The van der Waals surface area contributed by atoms with Crippen molar-refractivity contribution in [1.82, 2.24) is 4.72 Å². The molecule has 0 atom stereocenters. The van der Waals surface area contributed by atoms with Crippen LogP contribution in [-0.2, 0) is 0 Å². The molecule has 0 aliphatic rings. The summed E-state index contributed by atoms with van der Waals surface area (Å²) in [5.74, 6) is 1.03. The van der Waals surface area contributed by atoms with E-state index in [0.29, 0.717) is 0 Å². The van der Waals surface area contributed by atoms with E-state index in [4.69, 9.17) is 11.1 Å². The zero-order valence-electron chi connectivity index (χ0n) is 4.60. The molecule has 0 aliphatic heterocycles. The lowest BCUT2D eigenvalue weighted by Gasteiger charge is -1.96. The molecule has 8 heavy (non-hydrogen) atoms. The van der Waals surface area contributed by atoms with Gasteiger partial charge in [-0.2, -0.15) is 0 Å². The lowest BCUT2D eigenvalue weighted by Crippen LogP contribution is -2.23. The summed E-state index contributed by atoms with van der Waals surface area (Å²) in [4.78, 5) is 0. The summed E-state index contributed by atoms with van der Waals surface area (Å²) in [5.41, 5.74) is 4.97. The molecule has 3 nitrogen and oxygen atoms in total. The molecule has 0 aliphatic carbocycles. The van der Waals surface area contributed by atoms with E-state index < -0.39 is 0 Å². The number of hydrogen-bond acceptors (Lipinski definition) is 3. The monoisotopic (exact) mass is 151 g/mol. The van der Waals surface area contributed by atoms with Crippen LogP contribution >= 0.6 is 21.8 Å². The van der Waals surface area contributed by atoms with Gasteiger partial charge in [0.15, 0.2) is 5.96 Å². The van der Waals surface area contributed by atoms with E-state index in [1.165, 1.54) is 11.0 Å². The number of hydrogen-bond donors (Lipinski definition) is 3. The Balaban J connectivity index is 2.82. The second-order valence-corrected chi connectivity index (χ2v) is 3.40. The molecule has 0 unspecified atom stereocenters. The van der Waals surface area contributed by atoms with Gasteiger partial charge in [-0.1, -0.05) is 17.7 Å². The molecule has 0 heterocycles. The molecule has 0 amide bonds. The SMILES string of the molecule is CCSSNC(=N)N. The molecule has 0 rings (SSSR count). The van der Waals surface area contributed by atoms with Crippen LogP contribution in [0.2, 0.25) is 0 Å². The molecule has 0 radical (unpaired) electrons. The van der Waals surface area contributed by atoms with Crippen molar-refractivity contribution >= 4 is 27.7 Å². The number of guanidine groups is 1. The van der Waals surface area contributed by atoms with Crippen LogP contribution < -0.4 is 10.5 Å². The summed E-state index contributed by atoms with van der Waals surface area (Å²) in [6.07, 6.45) is 0. The Bertz CT molecular complexity index is 74.9. The van der Waals surface area contributed by atoms with Gasteiger partial charge in [0.05, 0.1) is 0 Å². The maximum absolute atomic E-state index is 6.71. The summed E-state index contributed by atoms with van der Waals surface area (Å²) < 4.78 is 2.59. The van der Waals surface area contributed by atoms with Crippen LogP contribution in [-0.4, -0.2) is 11.7 Å². The third kappa shape index (κ3) is 5.97. The van der Waals surface area contributed by atoms with Gasteiger partial charge in [-0.3, -0.25) is 10.1 Å². The Morgan fingerprint density at radius 1 is 1.88 bits per heavy atom. The predicted molar refractivity (Wildman–Crippen MR) is 40.8 cm³/mol. The van der Waals surface area contributed by atoms with Gasteiger partial charge in [0.1, 0.15) is 0 Å². The second-order valence-electron chi connectivity index (χ2n) is 1.01. The summed E-state index contributed by atoms with van der Waals surface area (Å²) in [7, 11) is 3.00. The Morgan fingerprint density at radius 2 is 2.50 bits per heavy atom. The minimum atomic E-state index is 0.0101. The number of nitrogens with one attached hydrogen (secondary N) is 2. The molecule has 5 heteroatoms. The van der Waals surface area contributed by atoms with Crippen LogP contribution in [0.25, 0.3) is 0 Å². The second kappa shape index (κ2) is 5.11. The van der Waals surface area contributed by atoms with Gasteiger partial charge in [0.25, 0.3) is 0 Å². The molecule has 0 spiro atoms. The van der Waals surface area contributed by atoms with Crippen molar-refractivity contribution in [3.8, 4) is 0 Å². The summed E-state index contributed by atoms with van der Waals surface area (Å²) in [6.45, 7) is 2.04. The predicted octanol–water partition coefficient (Wildman–Crippen LogP) is 0.786. The normalized spacial score (nSPS) is 8.62. The lowest BCUT2D eigenvalue weighted by atomic mass is 11.0. The molecule has 0 aromatic carbocycles. The largest absolute Gasteiger partial charge is 0.369 e. The standard InChI is InChI=1S/C3H9N3S2/c1-2-7-8-6-3(4)5/h2H2,1H3,(H4,4,5,6). The Morgan fingerprint density at radius 3 is 2.88 bits per heavy atom. The third-order valence-electron chi connectivity index (χ3n) is 0.328. The minimum absolute atomic E-state index is 0.0101. The van der Waals surface area contributed by atoms with Gasteiger partial charge >= 0.3 is 0 Å². The van der Waals surface area contributed by atoms with Crippen molar-refractivity contribution < 1.29 is 0 Å². The molecule has 0 saturated heterocycles. The van der Waals surface area contributed by atoms with Crippen LogP contribution in [0.15, 0.2) is 0 Å². The van der Waals surface area contributed by atoms with Crippen LogP contribution in [0, 0.1) is 5.41 Å². The number of rotatable bonds is 3. The highest BCUT2D eigenvalue weighted by atomic mass is 33.1. The molecule has 48 valence electrons. The molecule has 4 N–H and O–H groups in total. The van der Waals surface area contributed by atoms with E-state index in [1.54, 1.807) is 10.8 Å².